The summed E-state index contributed by atoms with van der Waals surface area (Å²) >= 11 is 14.0. The van der Waals surface area contributed by atoms with E-state index in [9.17, 15) is 0 Å². The number of halogens is 2. The summed E-state index contributed by atoms with van der Waals surface area (Å²) in [4.78, 5) is 5.19. The lowest BCUT2D eigenvalue weighted by molar-refractivity contribution is 0.590. The van der Waals surface area contributed by atoms with Crippen LogP contribution in [0.25, 0.3) is 11.3 Å². The number of nitrogens with zero attached hydrogens (tertiary/aromatic N) is 3. The molecular weight excluding hydrogens is 361 g/mol. The number of hydrogen-bond acceptors (Lipinski definition) is 3. The highest BCUT2D eigenvalue weighted by atomic mass is 35.5. The molecule has 0 aliphatic heterocycles. The second-order valence-electron chi connectivity index (χ2n) is 6.27. The molecule has 2 aliphatic rings. The van der Waals surface area contributed by atoms with Crippen molar-refractivity contribution in [3.8, 4) is 11.3 Å². The molecular formula is C18H17Cl2N3S. The van der Waals surface area contributed by atoms with Crippen LogP contribution in [0.1, 0.15) is 12.8 Å². The smallest absolute Gasteiger partial charge is 0.205 e. The first-order chi connectivity index (χ1) is 11.7. The Kier molecular flexibility index (Phi) is 4.37. The van der Waals surface area contributed by atoms with Crippen LogP contribution in [0.2, 0.25) is 10.0 Å². The molecule has 3 atom stereocenters. The predicted molar refractivity (Wildman–Crippen MR) is 102 cm³/mol. The lowest BCUT2D eigenvalue weighted by Crippen LogP contribution is -2.15. The third-order valence-electron chi connectivity index (χ3n) is 4.79. The third kappa shape index (κ3) is 2.87. The van der Waals surface area contributed by atoms with E-state index in [0.29, 0.717) is 21.9 Å². The van der Waals surface area contributed by atoms with E-state index in [2.05, 4.69) is 23.4 Å². The summed E-state index contributed by atoms with van der Waals surface area (Å²) < 4.78 is 1.88. The summed E-state index contributed by atoms with van der Waals surface area (Å²) in [5.41, 5.74) is 1.86. The molecule has 6 heteroatoms. The lowest BCUT2D eigenvalue weighted by Gasteiger charge is -2.12. The van der Waals surface area contributed by atoms with Crippen LogP contribution in [0.15, 0.2) is 45.8 Å². The monoisotopic (exact) mass is 377 g/mol. The highest BCUT2D eigenvalue weighted by Gasteiger charge is 2.34. The van der Waals surface area contributed by atoms with Crippen LogP contribution in [0.4, 0.5) is 0 Å². The quantitative estimate of drug-likeness (QED) is 0.526. The molecule has 1 fully saturated rings. The van der Waals surface area contributed by atoms with Gasteiger partial charge in [-0.1, -0.05) is 35.4 Å². The Labute approximate surface area is 155 Å². The fourth-order valence-corrected chi connectivity index (χ4v) is 4.89. The molecule has 1 aromatic heterocycles. The number of rotatable bonds is 3. The van der Waals surface area contributed by atoms with Gasteiger partial charge in [0.2, 0.25) is 4.80 Å². The van der Waals surface area contributed by atoms with Crippen LogP contribution < -0.4 is 4.80 Å². The number of allylic oxidation sites excluding steroid dienone is 2. The zero-order valence-corrected chi connectivity index (χ0v) is 15.5. The summed E-state index contributed by atoms with van der Waals surface area (Å²) in [7, 11) is 1.78. The first-order valence-corrected chi connectivity index (χ1v) is 9.61. The Morgan fingerprint density at radius 3 is 2.79 bits per heavy atom. The van der Waals surface area contributed by atoms with Gasteiger partial charge in [0, 0.05) is 35.1 Å². The molecule has 1 aromatic carbocycles. The third-order valence-corrected chi connectivity index (χ3v) is 6.24. The van der Waals surface area contributed by atoms with Gasteiger partial charge in [0.1, 0.15) is 0 Å². The minimum Gasteiger partial charge on any atom is -0.261 e. The first kappa shape index (κ1) is 16.1. The van der Waals surface area contributed by atoms with E-state index in [1.54, 1.807) is 24.5 Å². The molecule has 1 heterocycles. The zero-order chi connectivity index (χ0) is 16.7. The van der Waals surface area contributed by atoms with Crippen molar-refractivity contribution in [1.82, 2.24) is 4.68 Å². The number of hydrogen-bond donors (Lipinski definition) is 0. The number of thiazole rings is 1. The molecule has 0 radical (unpaired) electrons. The van der Waals surface area contributed by atoms with Crippen LogP contribution in [-0.4, -0.2) is 17.9 Å². The van der Waals surface area contributed by atoms with Gasteiger partial charge in [-0.3, -0.25) is 4.99 Å². The molecule has 0 spiro atoms. The maximum atomic E-state index is 6.38. The van der Waals surface area contributed by atoms with Crippen LogP contribution in [-0.2, 0) is 0 Å². The molecule has 3 nitrogen and oxygen atoms in total. The van der Waals surface area contributed by atoms with Crippen molar-refractivity contribution in [3.63, 3.8) is 0 Å². The molecule has 4 rings (SSSR count). The standard InChI is InChI=1S/C18H17Cl2N3S/c1-21-18-23(22-9-13-7-11-2-3-12(13)6-11)17(10-24-18)15-5-4-14(19)8-16(15)20/h2-5,8-13H,6-7H2,1H3. The second kappa shape index (κ2) is 6.51. The SMILES string of the molecule is CN=c1scc(-c2ccc(Cl)cc2Cl)n1N=CC1CC2C=CC1C2. The number of aromatic nitrogens is 1. The molecule has 124 valence electrons. The Morgan fingerprint density at radius 1 is 1.25 bits per heavy atom. The normalized spacial score (nSPS) is 26.1. The molecule has 0 N–H and O–H groups in total. The Bertz CT molecular complexity index is 894. The summed E-state index contributed by atoms with van der Waals surface area (Å²) in [5, 5.41) is 8.05. The van der Waals surface area contributed by atoms with E-state index in [4.69, 9.17) is 28.3 Å². The first-order valence-electron chi connectivity index (χ1n) is 7.97. The van der Waals surface area contributed by atoms with Crippen LogP contribution in [0.5, 0.6) is 0 Å². The predicted octanol–water partition coefficient (Wildman–Crippen LogP) is 5.10. The van der Waals surface area contributed by atoms with Crippen molar-refractivity contribution in [1.29, 1.82) is 0 Å². The summed E-state index contributed by atoms with van der Waals surface area (Å²) in [5.74, 6) is 1.90. The van der Waals surface area contributed by atoms with E-state index in [1.807, 2.05) is 22.2 Å². The van der Waals surface area contributed by atoms with E-state index < -0.39 is 0 Å². The van der Waals surface area contributed by atoms with Crippen LogP contribution >= 0.6 is 34.5 Å². The summed E-state index contributed by atoms with van der Waals surface area (Å²) in [6, 6.07) is 5.53. The van der Waals surface area contributed by atoms with E-state index >= 15 is 0 Å². The molecule has 2 bridgehead atoms. The fraction of sp³-hybridized carbons (Fsp3) is 0.333. The highest BCUT2D eigenvalue weighted by molar-refractivity contribution is 7.07. The molecule has 24 heavy (non-hydrogen) atoms. The summed E-state index contributed by atoms with van der Waals surface area (Å²) in [6.45, 7) is 0. The van der Waals surface area contributed by atoms with Gasteiger partial charge in [-0.25, -0.2) is 4.68 Å². The van der Waals surface area contributed by atoms with Crippen molar-refractivity contribution in [3.05, 3.63) is 50.6 Å². The maximum Gasteiger partial charge on any atom is 0.205 e. The molecule has 2 aliphatic carbocycles. The van der Waals surface area contributed by atoms with Crippen molar-refractivity contribution in [2.45, 2.75) is 12.8 Å². The van der Waals surface area contributed by atoms with Gasteiger partial charge in [0.05, 0.1) is 10.7 Å². The second-order valence-corrected chi connectivity index (χ2v) is 7.95. The van der Waals surface area contributed by atoms with Crippen molar-refractivity contribution in [2.75, 3.05) is 7.05 Å². The minimum absolute atomic E-state index is 0.519. The largest absolute Gasteiger partial charge is 0.261 e. The van der Waals surface area contributed by atoms with Gasteiger partial charge in [0.15, 0.2) is 0 Å². The van der Waals surface area contributed by atoms with Gasteiger partial charge < -0.3 is 0 Å². The van der Waals surface area contributed by atoms with E-state index in [0.717, 1.165) is 22.0 Å². The Morgan fingerprint density at radius 2 is 2.12 bits per heavy atom. The average Bonchev–Trinajstić information content (AvgIpc) is 3.27. The molecule has 3 unspecified atom stereocenters. The molecule has 0 amide bonds. The number of benzene rings is 1. The van der Waals surface area contributed by atoms with Gasteiger partial charge in [-0.15, -0.1) is 11.3 Å². The molecule has 1 saturated carbocycles. The lowest BCUT2D eigenvalue weighted by atomic mass is 9.95. The van der Waals surface area contributed by atoms with Crippen molar-refractivity contribution < 1.29 is 0 Å². The average molecular weight is 378 g/mol. The topological polar surface area (TPSA) is 29.6 Å². The van der Waals surface area contributed by atoms with Crippen LogP contribution in [0, 0.1) is 17.8 Å². The fourth-order valence-electron chi connectivity index (χ4n) is 3.59. The number of fused-ring (bicyclic) bond motifs is 2. The van der Waals surface area contributed by atoms with Gasteiger partial charge >= 0.3 is 0 Å². The van der Waals surface area contributed by atoms with E-state index in [-0.39, 0.29) is 0 Å². The maximum absolute atomic E-state index is 6.38. The van der Waals surface area contributed by atoms with E-state index in [1.165, 1.54) is 12.8 Å². The summed E-state index contributed by atoms with van der Waals surface area (Å²) in [6.07, 6.45) is 9.24. The van der Waals surface area contributed by atoms with Crippen LogP contribution in [0.3, 0.4) is 0 Å². The van der Waals surface area contributed by atoms with Crippen molar-refractivity contribution in [2.24, 2.45) is 27.8 Å². The molecule has 2 aromatic rings. The van der Waals surface area contributed by atoms with Crippen molar-refractivity contribution >= 4 is 40.8 Å². The zero-order valence-electron chi connectivity index (χ0n) is 13.2. The van der Waals surface area contributed by atoms with Gasteiger partial charge in [-0.05, 0) is 42.9 Å². The molecule has 0 saturated heterocycles. The Balaban J connectivity index is 1.72. The Hall–Kier alpha value is -1.36. The highest BCUT2D eigenvalue weighted by Crippen LogP contribution is 2.42. The van der Waals surface area contributed by atoms with Gasteiger partial charge in [0.25, 0.3) is 0 Å². The minimum atomic E-state index is 0.519. The van der Waals surface area contributed by atoms with Gasteiger partial charge in [-0.2, -0.15) is 5.10 Å².